The van der Waals surface area contributed by atoms with Crippen molar-refractivity contribution in [1.29, 1.82) is 0 Å². The minimum Gasteiger partial charge on any atom is -0.466 e. The summed E-state index contributed by atoms with van der Waals surface area (Å²) in [5.41, 5.74) is 0. The summed E-state index contributed by atoms with van der Waals surface area (Å²) in [6.45, 7) is 14.6. The molecule has 4 heteroatoms. The number of hydrogen-bond donors (Lipinski definition) is 0. The number of rotatable bonds is 28. The molecule has 0 aliphatic rings. The third kappa shape index (κ3) is 28.3. The normalized spacial score (nSPS) is 12.4. The zero-order valence-corrected chi connectivity index (χ0v) is 27.2. The molecule has 0 aromatic heterocycles. The molecule has 4 nitrogen and oxygen atoms in total. The predicted molar refractivity (Wildman–Crippen MR) is 167 cm³/mol. The smallest absolute Gasteiger partial charge is 0.306 e. The fourth-order valence-corrected chi connectivity index (χ4v) is 5.14. The molecule has 0 fully saturated rings. The van der Waals surface area contributed by atoms with Crippen molar-refractivity contribution in [3.05, 3.63) is 0 Å². The Balaban J connectivity index is 3.51. The van der Waals surface area contributed by atoms with Gasteiger partial charge in [-0.05, 0) is 62.2 Å². The van der Waals surface area contributed by atoms with Gasteiger partial charge in [0.25, 0.3) is 0 Å². The van der Waals surface area contributed by atoms with Gasteiger partial charge in [-0.3, -0.25) is 9.59 Å². The van der Waals surface area contributed by atoms with Crippen LogP contribution in [0.1, 0.15) is 176 Å². The van der Waals surface area contributed by atoms with Crippen LogP contribution in [0.2, 0.25) is 0 Å². The van der Waals surface area contributed by atoms with Crippen LogP contribution in [0.3, 0.4) is 0 Å². The summed E-state index contributed by atoms with van der Waals surface area (Å²) in [7, 11) is 0. The Labute approximate surface area is 244 Å². The Bertz CT molecular complexity index is 555. The molecular formula is C35H68O4. The molecule has 0 heterocycles. The van der Waals surface area contributed by atoms with E-state index in [-0.39, 0.29) is 11.9 Å². The second-order valence-electron chi connectivity index (χ2n) is 13.2. The van der Waals surface area contributed by atoms with Crippen LogP contribution < -0.4 is 0 Å². The van der Waals surface area contributed by atoms with Crippen molar-refractivity contribution >= 4 is 11.9 Å². The first-order chi connectivity index (χ1) is 18.7. The lowest BCUT2D eigenvalue weighted by molar-refractivity contribution is -0.145. The van der Waals surface area contributed by atoms with E-state index in [0.29, 0.717) is 37.9 Å². The monoisotopic (exact) mass is 553 g/mol. The van der Waals surface area contributed by atoms with Crippen molar-refractivity contribution in [1.82, 2.24) is 0 Å². The molecule has 0 aromatic carbocycles. The van der Waals surface area contributed by atoms with E-state index in [1.165, 1.54) is 77.0 Å². The van der Waals surface area contributed by atoms with E-state index in [1.54, 1.807) is 0 Å². The molecular weight excluding hydrogens is 484 g/mol. The maximum atomic E-state index is 12.2. The average molecular weight is 553 g/mol. The summed E-state index contributed by atoms with van der Waals surface area (Å²) < 4.78 is 10.8. The Morgan fingerprint density at radius 2 is 0.846 bits per heavy atom. The molecule has 0 bridgehead atoms. The van der Waals surface area contributed by atoms with E-state index in [1.807, 2.05) is 0 Å². The minimum atomic E-state index is -0.00955. The van der Waals surface area contributed by atoms with Crippen molar-refractivity contribution in [3.63, 3.8) is 0 Å². The SMILES string of the molecule is CC(C)CCCCOC(=O)CCCCCCCCCCCCCCC(CC(=O)OCCCCC(C)C)C(C)C. The van der Waals surface area contributed by atoms with Gasteiger partial charge in [-0.1, -0.05) is 125 Å². The fourth-order valence-electron chi connectivity index (χ4n) is 5.14. The maximum absolute atomic E-state index is 12.2. The zero-order valence-electron chi connectivity index (χ0n) is 27.2. The second-order valence-corrected chi connectivity index (χ2v) is 13.2. The number of esters is 2. The average Bonchev–Trinajstić information content (AvgIpc) is 2.87. The van der Waals surface area contributed by atoms with Crippen molar-refractivity contribution in [2.75, 3.05) is 13.2 Å². The Morgan fingerprint density at radius 1 is 0.462 bits per heavy atom. The molecule has 0 aromatic rings. The van der Waals surface area contributed by atoms with Crippen LogP contribution in [0.4, 0.5) is 0 Å². The van der Waals surface area contributed by atoms with Gasteiger partial charge >= 0.3 is 11.9 Å². The summed E-state index contributed by atoms with van der Waals surface area (Å²) in [5, 5.41) is 0. The number of ether oxygens (including phenoxy) is 2. The fraction of sp³-hybridized carbons (Fsp3) is 0.943. The standard InChI is InChI=1S/C35H68O4/c1-30(2)23-19-21-27-38-34(36)26-18-16-14-12-10-8-7-9-11-13-15-17-25-33(32(5)6)29-35(37)39-28-22-20-24-31(3)4/h30-33H,7-29H2,1-6H3. The van der Waals surface area contributed by atoms with Crippen LogP contribution in [-0.4, -0.2) is 25.2 Å². The number of carbonyl (C=O) groups is 2. The highest BCUT2D eigenvalue weighted by Crippen LogP contribution is 2.24. The second kappa shape index (κ2) is 27.1. The van der Waals surface area contributed by atoms with Gasteiger partial charge in [0.2, 0.25) is 0 Å². The van der Waals surface area contributed by atoms with Crippen molar-refractivity contribution in [2.45, 2.75) is 176 Å². The number of unbranched alkanes of at least 4 members (excludes halogenated alkanes) is 13. The van der Waals surface area contributed by atoms with E-state index in [4.69, 9.17) is 9.47 Å². The van der Waals surface area contributed by atoms with Crippen LogP contribution in [0.25, 0.3) is 0 Å². The summed E-state index contributed by atoms with van der Waals surface area (Å²) in [6.07, 6.45) is 24.2. The zero-order chi connectivity index (χ0) is 29.1. The quantitative estimate of drug-likeness (QED) is 0.0715. The number of hydrogen-bond acceptors (Lipinski definition) is 4. The van der Waals surface area contributed by atoms with Crippen LogP contribution in [0, 0.1) is 23.7 Å². The van der Waals surface area contributed by atoms with E-state index < -0.39 is 0 Å². The van der Waals surface area contributed by atoms with Gasteiger partial charge in [-0.25, -0.2) is 0 Å². The molecule has 0 aliphatic heterocycles. The third-order valence-corrected chi connectivity index (χ3v) is 7.96. The molecule has 1 unspecified atom stereocenters. The molecule has 0 saturated heterocycles. The van der Waals surface area contributed by atoms with Gasteiger partial charge in [0, 0.05) is 12.8 Å². The molecule has 0 spiro atoms. The molecule has 232 valence electrons. The predicted octanol–water partition coefficient (Wildman–Crippen LogP) is 10.8. The maximum Gasteiger partial charge on any atom is 0.306 e. The first-order valence-electron chi connectivity index (χ1n) is 17.0. The number of carbonyl (C=O) groups excluding carboxylic acids is 2. The van der Waals surface area contributed by atoms with Crippen LogP contribution in [0.5, 0.6) is 0 Å². The van der Waals surface area contributed by atoms with E-state index in [9.17, 15) is 9.59 Å². The van der Waals surface area contributed by atoms with E-state index >= 15 is 0 Å². The topological polar surface area (TPSA) is 52.6 Å². The summed E-state index contributed by atoms with van der Waals surface area (Å²) >= 11 is 0. The van der Waals surface area contributed by atoms with Crippen molar-refractivity contribution in [2.24, 2.45) is 23.7 Å². The van der Waals surface area contributed by atoms with Gasteiger partial charge in [-0.2, -0.15) is 0 Å². The molecule has 0 saturated carbocycles. The highest BCUT2D eigenvalue weighted by molar-refractivity contribution is 5.69. The van der Waals surface area contributed by atoms with Crippen LogP contribution in [-0.2, 0) is 19.1 Å². The Hall–Kier alpha value is -1.06. The highest BCUT2D eigenvalue weighted by atomic mass is 16.5. The summed E-state index contributed by atoms with van der Waals surface area (Å²) in [6, 6.07) is 0. The third-order valence-electron chi connectivity index (χ3n) is 7.96. The lowest BCUT2D eigenvalue weighted by atomic mass is 9.87. The van der Waals surface area contributed by atoms with Crippen LogP contribution >= 0.6 is 0 Å². The van der Waals surface area contributed by atoms with Gasteiger partial charge < -0.3 is 9.47 Å². The van der Waals surface area contributed by atoms with E-state index in [0.717, 1.165) is 56.8 Å². The first kappa shape index (κ1) is 37.9. The van der Waals surface area contributed by atoms with Gasteiger partial charge in [0.05, 0.1) is 13.2 Å². The molecule has 0 aliphatic carbocycles. The minimum absolute atomic E-state index is 0.00338. The van der Waals surface area contributed by atoms with Gasteiger partial charge in [0.15, 0.2) is 0 Å². The Kier molecular flexibility index (Phi) is 26.4. The van der Waals surface area contributed by atoms with E-state index in [2.05, 4.69) is 41.5 Å². The summed E-state index contributed by atoms with van der Waals surface area (Å²) in [5.74, 6) is 2.45. The molecule has 0 amide bonds. The van der Waals surface area contributed by atoms with Crippen molar-refractivity contribution in [3.8, 4) is 0 Å². The highest BCUT2D eigenvalue weighted by Gasteiger charge is 2.18. The van der Waals surface area contributed by atoms with Gasteiger partial charge in [-0.15, -0.1) is 0 Å². The van der Waals surface area contributed by atoms with Crippen molar-refractivity contribution < 1.29 is 19.1 Å². The molecule has 39 heavy (non-hydrogen) atoms. The lowest BCUT2D eigenvalue weighted by Gasteiger charge is -2.20. The molecule has 0 N–H and O–H groups in total. The molecule has 1 atom stereocenters. The largest absolute Gasteiger partial charge is 0.466 e. The lowest BCUT2D eigenvalue weighted by Crippen LogP contribution is -2.17. The van der Waals surface area contributed by atoms with Gasteiger partial charge in [0.1, 0.15) is 0 Å². The molecule has 0 radical (unpaired) electrons. The molecule has 0 rings (SSSR count). The summed E-state index contributed by atoms with van der Waals surface area (Å²) in [4.78, 5) is 24.0. The van der Waals surface area contributed by atoms with Crippen LogP contribution in [0.15, 0.2) is 0 Å². The first-order valence-corrected chi connectivity index (χ1v) is 17.0. The Morgan fingerprint density at radius 3 is 1.28 bits per heavy atom.